The Hall–Kier alpha value is -3.22. The molecule has 12 nitrogen and oxygen atoms in total. The van der Waals surface area contributed by atoms with Crippen molar-refractivity contribution in [3.8, 4) is 16.8 Å². The van der Waals surface area contributed by atoms with Gasteiger partial charge in [0, 0.05) is 37.2 Å². The van der Waals surface area contributed by atoms with Gasteiger partial charge in [0.15, 0.2) is 12.2 Å². The molecule has 1 saturated heterocycles. The quantitative estimate of drug-likeness (QED) is 0.261. The minimum Gasteiger partial charge on any atom is -0.463 e. The van der Waals surface area contributed by atoms with Crippen LogP contribution in [0.2, 0.25) is 10.0 Å². The number of aromatic nitrogens is 4. The van der Waals surface area contributed by atoms with Crippen LogP contribution in [-0.2, 0) is 33.3 Å². The molecule has 5 atom stereocenters. The monoisotopic (exact) mass is 625 g/mol. The molecular formula is C24H21Cl2N5O7S2. The van der Waals surface area contributed by atoms with E-state index in [1.54, 1.807) is 17.8 Å². The molecule has 0 bridgehead atoms. The first-order valence-corrected chi connectivity index (χ1v) is 14.1. The van der Waals surface area contributed by atoms with Crippen LogP contribution in [0.4, 0.5) is 0 Å². The standard InChI is InChI=1S/C24H21Cl2N5O7S2/c1-11(32)35-10-19-21(36-12(2)33)20(31-9-18(29-30-31)23-28-4-5-39-23)22(37-13(3)34)24(38-19)40-14-6-16(25)15(8-27)17(26)7-14/h4-7,9,19-22,24H,10H2,1-3H3/t19?,20-,21-,22?,24+/m0/s1. The Morgan fingerprint density at radius 1 is 1.12 bits per heavy atom. The predicted molar refractivity (Wildman–Crippen MR) is 144 cm³/mol. The summed E-state index contributed by atoms with van der Waals surface area (Å²) in [5.74, 6) is -1.86. The van der Waals surface area contributed by atoms with Gasteiger partial charge in [-0.25, -0.2) is 9.67 Å². The van der Waals surface area contributed by atoms with Crippen molar-refractivity contribution >= 4 is 64.2 Å². The first-order chi connectivity index (χ1) is 19.1. The Morgan fingerprint density at radius 2 is 1.80 bits per heavy atom. The number of carbonyl (C=O) groups excluding carboxylic acids is 3. The van der Waals surface area contributed by atoms with E-state index in [0.29, 0.717) is 15.6 Å². The van der Waals surface area contributed by atoms with Gasteiger partial charge in [-0.3, -0.25) is 14.4 Å². The van der Waals surface area contributed by atoms with Gasteiger partial charge in [0.25, 0.3) is 0 Å². The molecule has 40 heavy (non-hydrogen) atoms. The van der Waals surface area contributed by atoms with Crippen molar-refractivity contribution in [2.75, 3.05) is 6.61 Å². The number of rotatable bonds is 8. The van der Waals surface area contributed by atoms with Gasteiger partial charge < -0.3 is 18.9 Å². The molecule has 2 unspecified atom stereocenters. The highest BCUT2D eigenvalue weighted by Crippen LogP contribution is 2.43. The van der Waals surface area contributed by atoms with Gasteiger partial charge in [-0.1, -0.05) is 40.2 Å². The van der Waals surface area contributed by atoms with Crippen molar-refractivity contribution in [3.63, 3.8) is 0 Å². The fourth-order valence-electron chi connectivity index (χ4n) is 4.01. The maximum absolute atomic E-state index is 12.3. The SMILES string of the molecule is CC(=O)OCC1O[C@H](Sc2cc(Cl)c(C#N)c(Cl)c2)C(OC(C)=O)[C@@H](n2cc(-c3nccs3)nn2)[C@H]1OC(C)=O. The van der Waals surface area contributed by atoms with Crippen LogP contribution in [0.5, 0.6) is 0 Å². The summed E-state index contributed by atoms with van der Waals surface area (Å²) in [5.41, 5.74) is -0.420. The molecular weight excluding hydrogens is 605 g/mol. The van der Waals surface area contributed by atoms with Crippen LogP contribution >= 0.6 is 46.3 Å². The zero-order valence-corrected chi connectivity index (χ0v) is 24.3. The van der Waals surface area contributed by atoms with E-state index in [1.807, 2.05) is 6.07 Å². The second-order valence-electron chi connectivity index (χ2n) is 8.40. The van der Waals surface area contributed by atoms with E-state index in [2.05, 4.69) is 15.3 Å². The number of nitriles is 1. The third-order valence-corrected chi connectivity index (χ3v) is 8.03. The number of hydrogen-bond donors (Lipinski definition) is 0. The van der Waals surface area contributed by atoms with Gasteiger partial charge in [-0.2, -0.15) is 5.26 Å². The maximum Gasteiger partial charge on any atom is 0.303 e. The number of halogens is 2. The van der Waals surface area contributed by atoms with Gasteiger partial charge in [-0.05, 0) is 12.1 Å². The Kier molecular flexibility index (Phi) is 9.64. The smallest absolute Gasteiger partial charge is 0.303 e. The summed E-state index contributed by atoms with van der Waals surface area (Å²) in [6.07, 6.45) is -0.00984. The molecule has 16 heteroatoms. The third kappa shape index (κ3) is 6.91. The molecule has 1 aromatic carbocycles. The molecule has 0 aliphatic carbocycles. The van der Waals surface area contributed by atoms with Crippen molar-refractivity contribution < 1.29 is 33.3 Å². The molecule has 4 rings (SSSR count). The van der Waals surface area contributed by atoms with Crippen LogP contribution in [0.1, 0.15) is 32.4 Å². The molecule has 210 valence electrons. The highest BCUT2D eigenvalue weighted by atomic mass is 35.5. The van der Waals surface area contributed by atoms with Crippen molar-refractivity contribution in [1.82, 2.24) is 20.0 Å². The van der Waals surface area contributed by atoms with Crippen LogP contribution in [0.15, 0.2) is 34.8 Å². The number of thioether (sulfide) groups is 1. The number of esters is 3. The zero-order valence-electron chi connectivity index (χ0n) is 21.1. The molecule has 3 aromatic rings. The van der Waals surface area contributed by atoms with Crippen molar-refractivity contribution in [2.45, 2.75) is 55.5 Å². The number of thiazole rings is 1. The zero-order chi connectivity index (χ0) is 29.0. The van der Waals surface area contributed by atoms with E-state index in [0.717, 1.165) is 11.8 Å². The summed E-state index contributed by atoms with van der Waals surface area (Å²) in [4.78, 5) is 40.9. The summed E-state index contributed by atoms with van der Waals surface area (Å²) >= 11 is 14.9. The Bertz CT molecular complexity index is 1420. The second-order valence-corrected chi connectivity index (χ2v) is 11.3. The van der Waals surface area contributed by atoms with Crippen LogP contribution in [-0.4, -0.2) is 68.2 Å². The van der Waals surface area contributed by atoms with E-state index >= 15 is 0 Å². The topological polar surface area (TPSA) is 156 Å². The normalized spacial score (nSPS) is 22.2. The largest absolute Gasteiger partial charge is 0.463 e. The maximum atomic E-state index is 12.3. The lowest BCUT2D eigenvalue weighted by atomic mass is 9.96. The molecule has 0 N–H and O–H groups in total. The molecule has 0 saturated carbocycles. The lowest BCUT2D eigenvalue weighted by molar-refractivity contribution is -0.212. The highest BCUT2D eigenvalue weighted by Gasteiger charge is 2.52. The fraction of sp³-hybridized carbons (Fsp3) is 0.375. The van der Waals surface area contributed by atoms with Crippen molar-refractivity contribution in [3.05, 3.63) is 45.5 Å². The Labute approximate surface area is 246 Å². The van der Waals surface area contributed by atoms with Gasteiger partial charge in [0.1, 0.15) is 41.0 Å². The molecule has 0 radical (unpaired) electrons. The van der Waals surface area contributed by atoms with Gasteiger partial charge in [0.05, 0.1) is 21.8 Å². The first-order valence-electron chi connectivity index (χ1n) is 11.6. The fourth-order valence-corrected chi connectivity index (χ4v) is 6.48. The van der Waals surface area contributed by atoms with Crippen LogP contribution in [0.3, 0.4) is 0 Å². The molecule has 1 aliphatic heterocycles. The van der Waals surface area contributed by atoms with E-state index in [9.17, 15) is 19.6 Å². The predicted octanol–water partition coefficient (Wildman–Crippen LogP) is 4.06. The van der Waals surface area contributed by atoms with E-state index in [1.165, 1.54) is 48.9 Å². The van der Waals surface area contributed by atoms with Crippen LogP contribution < -0.4 is 0 Å². The molecule has 0 amide bonds. The first kappa shape index (κ1) is 29.8. The van der Waals surface area contributed by atoms with Crippen LogP contribution in [0.25, 0.3) is 10.7 Å². The number of hydrogen-bond acceptors (Lipinski definition) is 13. The molecule has 0 spiro atoms. The third-order valence-electron chi connectivity index (χ3n) is 5.52. The molecule has 2 aromatic heterocycles. The van der Waals surface area contributed by atoms with Crippen molar-refractivity contribution in [1.29, 1.82) is 5.26 Å². The molecule has 3 heterocycles. The summed E-state index contributed by atoms with van der Waals surface area (Å²) < 4.78 is 24.3. The minimum atomic E-state index is -1.11. The molecule has 1 fully saturated rings. The minimum absolute atomic E-state index is 0.103. The lowest BCUT2D eigenvalue weighted by Crippen LogP contribution is -2.57. The van der Waals surface area contributed by atoms with E-state index in [-0.39, 0.29) is 22.2 Å². The average molecular weight is 627 g/mol. The number of benzene rings is 1. The number of carbonyl (C=O) groups is 3. The summed E-state index contributed by atoms with van der Waals surface area (Å²) in [6.45, 7) is 3.39. The number of nitrogens with zero attached hydrogens (tertiary/aromatic N) is 5. The average Bonchev–Trinajstić information content (AvgIpc) is 3.56. The molecule has 1 aliphatic rings. The van der Waals surface area contributed by atoms with E-state index < -0.39 is 47.7 Å². The summed E-state index contributed by atoms with van der Waals surface area (Å²) in [6, 6.07) is 4.01. The Morgan fingerprint density at radius 3 is 2.38 bits per heavy atom. The Balaban J connectivity index is 1.80. The van der Waals surface area contributed by atoms with Gasteiger partial charge >= 0.3 is 17.9 Å². The number of ether oxygens (including phenoxy) is 4. The highest BCUT2D eigenvalue weighted by molar-refractivity contribution is 7.99. The lowest BCUT2D eigenvalue weighted by Gasteiger charge is -2.44. The summed E-state index contributed by atoms with van der Waals surface area (Å²) in [5, 5.41) is 20.3. The van der Waals surface area contributed by atoms with Gasteiger partial charge in [0.2, 0.25) is 0 Å². The van der Waals surface area contributed by atoms with Gasteiger partial charge in [-0.15, -0.1) is 16.4 Å². The van der Waals surface area contributed by atoms with E-state index in [4.69, 9.17) is 42.1 Å². The summed E-state index contributed by atoms with van der Waals surface area (Å²) in [7, 11) is 0. The second kappa shape index (κ2) is 13.0. The van der Waals surface area contributed by atoms with Crippen molar-refractivity contribution in [2.24, 2.45) is 0 Å². The van der Waals surface area contributed by atoms with Crippen LogP contribution in [0, 0.1) is 11.3 Å².